The highest BCUT2D eigenvalue weighted by molar-refractivity contribution is 7.97. The third kappa shape index (κ3) is 3.00. The first-order chi connectivity index (χ1) is 7.38. The molecule has 80 valence electrons. The summed E-state index contributed by atoms with van der Waals surface area (Å²) in [6.07, 6.45) is 3.85. The van der Waals surface area contributed by atoms with Gasteiger partial charge in [-0.05, 0) is 18.4 Å². The molecule has 0 unspecified atom stereocenters. The number of nitrogens with one attached hydrogen (secondary N) is 1. The molecule has 2 aromatic heterocycles. The van der Waals surface area contributed by atoms with Crippen molar-refractivity contribution in [3.63, 3.8) is 0 Å². The van der Waals surface area contributed by atoms with Crippen LogP contribution in [0.2, 0.25) is 0 Å². The Balaban J connectivity index is 1.88. The van der Waals surface area contributed by atoms with Gasteiger partial charge in [0.15, 0.2) is 5.13 Å². The SMILES string of the molecule is CSCc1ccc(CNc2nccs2)o1. The number of nitrogens with zero attached hydrogens (tertiary/aromatic N) is 1. The van der Waals surface area contributed by atoms with Gasteiger partial charge >= 0.3 is 0 Å². The molecule has 2 aromatic rings. The van der Waals surface area contributed by atoms with Gasteiger partial charge in [0, 0.05) is 11.6 Å². The Labute approximate surface area is 96.9 Å². The summed E-state index contributed by atoms with van der Waals surface area (Å²) in [6.45, 7) is 0.696. The van der Waals surface area contributed by atoms with Crippen LogP contribution >= 0.6 is 23.1 Å². The summed E-state index contributed by atoms with van der Waals surface area (Å²) in [6, 6.07) is 4.03. The van der Waals surface area contributed by atoms with Gasteiger partial charge in [-0.1, -0.05) is 0 Å². The molecule has 0 fully saturated rings. The zero-order valence-corrected chi connectivity index (χ0v) is 10.0. The van der Waals surface area contributed by atoms with Crippen molar-refractivity contribution in [3.05, 3.63) is 35.2 Å². The number of aromatic nitrogens is 1. The summed E-state index contributed by atoms with van der Waals surface area (Å²) in [4.78, 5) is 4.14. The highest BCUT2D eigenvalue weighted by atomic mass is 32.2. The molecule has 2 rings (SSSR count). The molecular weight excluding hydrogens is 228 g/mol. The molecule has 0 saturated carbocycles. The zero-order valence-electron chi connectivity index (χ0n) is 8.40. The molecule has 0 saturated heterocycles. The van der Waals surface area contributed by atoms with Crippen LogP contribution in [0.4, 0.5) is 5.13 Å². The first kappa shape index (κ1) is 10.6. The standard InChI is InChI=1S/C10H12N2OS2/c1-14-7-9-3-2-8(13-9)6-12-10-11-4-5-15-10/h2-5H,6-7H2,1H3,(H,11,12). The van der Waals surface area contributed by atoms with Crippen LogP contribution in [0.15, 0.2) is 28.1 Å². The van der Waals surface area contributed by atoms with Gasteiger partial charge in [0.05, 0.1) is 12.3 Å². The third-order valence-electron chi connectivity index (χ3n) is 1.85. The average Bonchev–Trinajstić information content (AvgIpc) is 2.85. The number of furan rings is 1. The second-order valence-corrected chi connectivity index (χ2v) is 4.75. The van der Waals surface area contributed by atoms with E-state index in [4.69, 9.17) is 4.42 Å². The lowest BCUT2D eigenvalue weighted by Gasteiger charge is -1.98. The van der Waals surface area contributed by atoms with Crippen LogP contribution in [-0.4, -0.2) is 11.2 Å². The minimum Gasteiger partial charge on any atom is -0.463 e. The van der Waals surface area contributed by atoms with Crippen LogP contribution in [-0.2, 0) is 12.3 Å². The minimum atomic E-state index is 0.696. The van der Waals surface area contributed by atoms with Crippen LogP contribution in [0.25, 0.3) is 0 Å². The van der Waals surface area contributed by atoms with Gasteiger partial charge < -0.3 is 9.73 Å². The summed E-state index contributed by atoms with van der Waals surface area (Å²) in [5, 5.41) is 6.08. The third-order valence-corrected chi connectivity index (χ3v) is 3.15. The van der Waals surface area contributed by atoms with Crippen molar-refractivity contribution in [1.29, 1.82) is 0 Å². The van der Waals surface area contributed by atoms with Gasteiger partial charge in [0.2, 0.25) is 0 Å². The molecule has 0 spiro atoms. The largest absolute Gasteiger partial charge is 0.463 e. The molecule has 0 aliphatic heterocycles. The van der Waals surface area contributed by atoms with Gasteiger partial charge in [0.25, 0.3) is 0 Å². The quantitative estimate of drug-likeness (QED) is 0.871. The Morgan fingerprint density at radius 2 is 2.33 bits per heavy atom. The molecular formula is C10H12N2OS2. The highest BCUT2D eigenvalue weighted by Gasteiger charge is 2.01. The lowest BCUT2D eigenvalue weighted by atomic mass is 10.4. The number of thiazole rings is 1. The lowest BCUT2D eigenvalue weighted by Crippen LogP contribution is -1.96. The van der Waals surface area contributed by atoms with Crippen molar-refractivity contribution in [3.8, 4) is 0 Å². The predicted molar refractivity (Wildman–Crippen MR) is 65.4 cm³/mol. The molecule has 0 atom stereocenters. The Bertz CT molecular complexity index is 397. The van der Waals surface area contributed by atoms with Gasteiger partial charge in [-0.2, -0.15) is 11.8 Å². The molecule has 15 heavy (non-hydrogen) atoms. The second kappa shape index (κ2) is 5.23. The fourth-order valence-electron chi connectivity index (χ4n) is 1.21. The maximum atomic E-state index is 5.62. The number of hydrogen-bond acceptors (Lipinski definition) is 5. The number of rotatable bonds is 5. The smallest absolute Gasteiger partial charge is 0.182 e. The molecule has 5 heteroatoms. The number of thioether (sulfide) groups is 1. The maximum Gasteiger partial charge on any atom is 0.182 e. The van der Waals surface area contributed by atoms with Gasteiger partial charge in [-0.3, -0.25) is 0 Å². The van der Waals surface area contributed by atoms with Crippen molar-refractivity contribution >= 4 is 28.2 Å². The summed E-state index contributed by atoms with van der Waals surface area (Å²) in [5.74, 6) is 2.91. The van der Waals surface area contributed by atoms with E-state index in [0.717, 1.165) is 22.4 Å². The van der Waals surface area contributed by atoms with Crippen LogP contribution in [0, 0.1) is 0 Å². The Kier molecular flexibility index (Phi) is 3.69. The monoisotopic (exact) mass is 240 g/mol. The first-order valence-corrected chi connectivity index (χ1v) is 6.85. The van der Waals surface area contributed by atoms with E-state index in [0.29, 0.717) is 6.54 Å². The summed E-state index contributed by atoms with van der Waals surface area (Å²) >= 11 is 3.35. The lowest BCUT2D eigenvalue weighted by molar-refractivity contribution is 0.487. The molecule has 0 amide bonds. The van der Waals surface area contributed by atoms with Crippen LogP contribution in [0.3, 0.4) is 0 Å². The average molecular weight is 240 g/mol. The molecule has 0 bridgehead atoms. The molecule has 3 nitrogen and oxygen atoms in total. The summed E-state index contributed by atoms with van der Waals surface area (Å²) < 4.78 is 5.62. The van der Waals surface area contributed by atoms with E-state index in [1.165, 1.54) is 0 Å². The minimum absolute atomic E-state index is 0.696. The highest BCUT2D eigenvalue weighted by Crippen LogP contribution is 2.16. The zero-order chi connectivity index (χ0) is 10.5. The Morgan fingerprint density at radius 3 is 3.07 bits per heavy atom. The van der Waals surface area contributed by atoms with Gasteiger partial charge in [-0.15, -0.1) is 11.3 Å². The Morgan fingerprint density at radius 1 is 1.47 bits per heavy atom. The molecule has 1 N–H and O–H groups in total. The van der Waals surface area contributed by atoms with Crippen molar-refractivity contribution in [2.75, 3.05) is 11.6 Å². The van der Waals surface area contributed by atoms with Crippen molar-refractivity contribution < 1.29 is 4.42 Å². The maximum absolute atomic E-state index is 5.62. The molecule has 0 radical (unpaired) electrons. The van der Waals surface area contributed by atoms with Crippen LogP contribution in [0.5, 0.6) is 0 Å². The summed E-state index contributed by atoms with van der Waals surface area (Å²) in [7, 11) is 0. The first-order valence-electron chi connectivity index (χ1n) is 4.58. The molecule has 0 aliphatic carbocycles. The van der Waals surface area contributed by atoms with Crippen LogP contribution < -0.4 is 5.32 Å². The summed E-state index contributed by atoms with van der Waals surface area (Å²) in [5.41, 5.74) is 0. The Hall–Kier alpha value is -0.940. The second-order valence-electron chi connectivity index (χ2n) is 2.99. The van der Waals surface area contributed by atoms with Crippen molar-refractivity contribution in [2.45, 2.75) is 12.3 Å². The van der Waals surface area contributed by atoms with E-state index < -0.39 is 0 Å². The normalized spacial score (nSPS) is 10.5. The van der Waals surface area contributed by atoms with E-state index in [9.17, 15) is 0 Å². The number of anilines is 1. The molecule has 0 aromatic carbocycles. The van der Waals surface area contributed by atoms with Gasteiger partial charge in [-0.25, -0.2) is 4.98 Å². The van der Waals surface area contributed by atoms with Crippen molar-refractivity contribution in [2.24, 2.45) is 0 Å². The topological polar surface area (TPSA) is 38.1 Å². The van der Waals surface area contributed by atoms with E-state index in [-0.39, 0.29) is 0 Å². The van der Waals surface area contributed by atoms with E-state index >= 15 is 0 Å². The fraction of sp³-hybridized carbons (Fsp3) is 0.300. The van der Waals surface area contributed by atoms with Gasteiger partial charge in [0.1, 0.15) is 11.5 Å². The fourth-order valence-corrected chi connectivity index (χ4v) is 2.18. The molecule has 0 aliphatic rings. The van der Waals surface area contributed by atoms with E-state index in [1.54, 1.807) is 29.3 Å². The van der Waals surface area contributed by atoms with Crippen LogP contribution in [0.1, 0.15) is 11.5 Å². The van der Waals surface area contributed by atoms with E-state index in [1.807, 2.05) is 17.5 Å². The molecule has 2 heterocycles. The predicted octanol–water partition coefficient (Wildman–Crippen LogP) is 3.21. The number of hydrogen-bond donors (Lipinski definition) is 1. The van der Waals surface area contributed by atoms with Crippen molar-refractivity contribution in [1.82, 2.24) is 4.98 Å². The van der Waals surface area contributed by atoms with E-state index in [2.05, 4.69) is 16.6 Å².